The maximum absolute atomic E-state index is 14.4. The topological polar surface area (TPSA) is 67.9 Å². The molecular weight excluding hydrogens is 273 g/mol. The van der Waals surface area contributed by atoms with Gasteiger partial charge in [0.2, 0.25) is 0 Å². The minimum Gasteiger partial charge on any atom is -0.467 e. The van der Waals surface area contributed by atoms with Crippen molar-refractivity contribution in [1.82, 2.24) is 9.55 Å². The van der Waals surface area contributed by atoms with Crippen LogP contribution in [0.4, 0.5) is 4.39 Å². The highest BCUT2D eigenvalue weighted by Crippen LogP contribution is 2.31. The zero-order chi connectivity index (χ0) is 15.6. The van der Waals surface area contributed by atoms with Crippen molar-refractivity contribution in [2.45, 2.75) is 19.4 Å². The van der Waals surface area contributed by atoms with E-state index in [2.05, 4.69) is 4.98 Å². The molecule has 0 saturated heterocycles. The van der Waals surface area contributed by atoms with Crippen molar-refractivity contribution in [1.29, 1.82) is 5.26 Å². The molecule has 0 radical (unpaired) electrons. The first-order valence-electron chi connectivity index (χ1n) is 6.23. The molecule has 1 unspecified atom stereocenters. The Hall–Kier alpha value is -2.68. The minimum absolute atomic E-state index is 0.120. The highest BCUT2D eigenvalue weighted by molar-refractivity contribution is 5.83. The van der Waals surface area contributed by atoms with E-state index >= 15 is 0 Å². The predicted molar refractivity (Wildman–Crippen MR) is 72.8 cm³/mol. The van der Waals surface area contributed by atoms with Crippen LogP contribution in [0.15, 0.2) is 30.7 Å². The summed E-state index contributed by atoms with van der Waals surface area (Å²) < 4.78 is 20.7. The van der Waals surface area contributed by atoms with Gasteiger partial charge in [0.05, 0.1) is 25.1 Å². The van der Waals surface area contributed by atoms with Gasteiger partial charge in [-0.15, -0.1) is 0 Å². The Morgan fingerprint density at radius 2 is 2.24 bits per heavy atom. The summed E-state index contributed by atoms with van der Waals surface area (Å²) in [4.78, 5) is 16.3. The number of esters is 1. The zero-order valence-electron chi connectivity index (χ0n) is 11.9. The van der Waals surface area contributed by atoms with Crippen LogP contribution in [0.2, 0.25) is 0 Å². The number of rotatable bonds is 3. The summed E-state index contributed by atoms with van der Waals surface area (Å²) in [7, 11) is 1.24. The van der Waals surface area contributed by atoms with E-state index in [4.69, 9.17) is 10.00 Å². The fourth-order valence-corrected chi connectivity index (χ4v) is 2.35. The number of hydrogen-bond donors (Lipinski definition) is 0. The molecule has 2 rings (SSSR count). The van der Waals surface area contributed by atoms with Crippen molar-refractivity contribution >= 4 is 5.97 Å². The fourth-order valence-electron chi connectivity index (χ4n) is 2.35. The Morgan fingerprint density at radius 3 is 2.71 bits per heavy atom. The average Bonchev–Trinajstić information content (AvgIpc) is 2.92. The third-order valence-electron chi connectivity index (χ3n) is 3.51. The van der Waals surface area contributed by atoms with Crippen molar-refractivity contribution in [2.24, 2.45) is 0 Å². The van der Waals surface area contributed by atoms with Gasteiger partial charge < -0.3 is 9.30 Å². The summed E-state index contributed by atoms with van der Waals surface area (Å²) in [6, 6.07) is 5.85. The van der Waals surface area contributed by atoms with E-state index in [-0.39, 0.29) is 11.1 Å². The number of benzene rings is 1. The Labute approximate surface area is 121 Å². The molecule has 2 aromatic rings. The number of methoxy groups -OCH3 is 1. The summed E-state index contributed by atoms with van der Waals surface area (Å²) in [6.45, 7) is 3.31. The number of carbonyl (C=O) groups is 1. The van der Waals surface area contributed by atoms with Crippen molar-refractivity contribution in [3.05, 3.63) is 53.4 Å². The molecule has 5 nitrogen and oxygen atoms in total. The Morgan fingerprint density at radius 1 is 1.52 bits per heavy atom. The largest absolute Gasteiger partial charge is 0.467 e. The van der Waals surface area contributed by atoms with E-state index in [0.29, 0.717) is 5.69 Å². The SMILES string of the molecule is COC(=O)C(C)(c1ccc(C#N)cc1F)n1cncc1C. The van der Waals surface area contributed by atoms with E-state index in [9.17, 15) is 9.18 Å². The van der Waals surface area contributed by atoms with Gasteiger partial charge in [0, 0.05) is 17.5 Å². The summed E-state index contributed by atoms with van der Waals surface area (Å²) in [5.74, 6) is -1.26. The van der Waals surface area contributed by atoms with Gasteiger partial charge >= 0.3 is 5.97 Å². The van der Waals surface area contributed by atoms with Crippen LogP contribution in [-0.4, -0.2) is 22.6 Å². The number of ether oxygens (including phenoxy) is 1. The molecule has 0 aliphatic rings. The van der Waals surface area contributed by atoms with Gasteiger partial charge in [0.1, 0.15) is 5.82 Å². The highest BCUT2D eigenvalue weighted by atomic mass is 19.1. The number of nitrogens with zero attached hydrogens (tertiary/aromatic N) is 3. The average molecular weight is 287 g/mol. The molecule has 0 spiro atoms. The van der Waals surface area contributed by atoms with Crippen LogP contribution < -0.4 is 0 Å². The quantitative estimate of drug-likeness (QED) is 0.811. The Bertz CT molecular complexity index is 733. The molecule has 108 valence electrons. The molecule has 0 saturated carbocycles. The summed E-state index contributed by atoms with van der Waals surface area (Å²) in [5.41, 5.74) is -0.403. The van der Waals surface area contributed by atoms with Crippen LogP contribution in [-0.2, 0) is 15.1 Å². The van der Waals surface area contributed by atoms with Crippen LogP contribution >= 0.6 is 0 Å². The number of nitriles is 1. The molecule has 0 amide bonds. The van der Waals surface area contributed by atoms with Crippen LogP contribution in [0.5, 0.6) is 0 Å². The van der Waals surface area contributed by atoms with Crippen LogP contribution in [0.3, 0.4) is 0 Å². The van der Waals surface area contributed by atoms with Gasteiger partial charge in [0.25, 0.3) is 0 Å². The molecule has 1 aromatic carbocycles. The third kappa shape index (κ3) is 2.27. The number of carbonyl (C=O) groups excluding carboxylic acids is 1. The second-order valence-electron chi connectivity index (χ2n) is 4.78. The second-order valence-corrected chi connectivity index (χ2v) is 4.78. The van der Waals surface area contributed by atoms with Gasteiger partial charge in [-0.3, -0.25) is 0 Å². The normalized spacial score (nSPS) is 13.3. The minimum atomic E-state index is -1.40. The van der Waals surface area contributed by atoms with Gasteiger partial charge in [-0.1, -0.05) is 6.07 Å². The lowest BCUT2D eigenvalue weighted by molar-refractivity contribution is -0.148. The summed E-state index contributed by atoms with van der Waals surface area (Å²) >= 11 is 0. The molecule has 1 heterocycles. The molecule has 0 fully saturated rings. The molecule has 0 bridgehead atoms. The number of halogens is 1. The van der Waals surface area contributed by atoms with Gasteiger partial charge in [0.15, 0.2) is 5.54 Å². The maximum Gasteiger partial charge on any atom is 0.336 e. The van der Waals surface area contributed by atoms with Crippen molar-refractivity contribution in [2.75, 3.05) is 7.11 Å². The van der Waals surface area contributed by atoms with Crippen molar-refractivity contribution < 1.29 is 13.9 Å². The van der Waals surface area contributed by atoms with Gasteiger partial charge in [-0.05, 0) is 26.0 Å². The number of aromatic nitrogens is 2. The van der Waals surface area contributed by atoms with Crippen LogP contribution in [0, 0.1) is 24.1 Å². The summed E-state index contributed by atoms with van der Waals surface area (Å²) in [6.07, 6.45) is 3.02. The zero-order valence-corrected chi connectivity index (χ0v) is 11.9. The monoisotopic (exact) mass is 287 g/mol. The molecule has 0 aliphatic heterocycles. The van der Waals surface area contributed by atoms with E-state index in [1.54, 1.807) is 24.6 Å². The lowest BCUT2D eigenvalue weighted by atomic mass is 9.90. The molecule has 1 aromatic heterocycles. The lowest BCUT2D eigenvalue weighted by Gasteiger charge is -2.30. The fraction of sp³-hybridized carbons (Fsp3) is 0.267. The van der Waals surface area contributed by atoms with Crippen LogP contribution in [0.25, 0.3) is 0 Å². The predicted octanol–water partition coefficient (Wildman–Crippen LogP) is 2.14. The molecule has 1 atom stereocenters. The third-order valence-corrected chi connectivity index (χ3v) is 3.51. The molecular formula is C15H14FN3O2. The van der Waals surface area contributed by atoms with Crippen molar-refractivity contribution in [3.8, 4) is 6.07 Å². The maximum atomic E-state index is 14.4. The van der Waals surface area contributed by atoms with Gasteiger partial charge in [-0.2, -0.15) is 5.26 Å². The van der Waals surface area contributed by atoms with Crippen LogP contribution in [0.1, 0.15) is 23.7 Å². The Kier molecular flexibility index (Phi) is 3.76. The first-order valence-corrected chi connectivity index (χ1v) is 6.23. The highest BCUT2D eigenvalue weighted by Gasteiger charge is 2.41. The van der Waals surface area contributed by atoms with Gasteiger partial charge in [-0.25, -0.2) is 14.2 Å². The Balaban J connectivity index is 2.71. The van der Waals surface area contributed by atoms with Crippen molar-refractivity contribution in [3.63, 3.8) is 0 Å². The summed E-state index contributed by atoms with van der Waals surface area (Å²) in [5, 5.41) is 8.82. The molecule has 6 heteroatoms. The standard InChI is InChI=1S/C15H14FN3O2/c1-10-8-18-9-19(10)15(2,14(20)21-3)12-5-4-11(7-17)6-13(12)16/h4-6,8-9H,1-3H3. The van der Waals surface area contributed by atoms with E-state index in [0.717, 1.165) is 6.07 Å². The number of imidazole rings is 1. The first-order chi connectivity index (χ1) is 9.94. The number of hydrogen-bond acceptors (Lipinski definition) is 4. The van der Waals surface area contributed by atoms with E-state index < -0.39 is 17.3 Å². The molecule has 21 heavy (non-hydrogen) atoms. The smallest absolute Gasteiger partial charge is 0.336 e. The first kappa shape index (κ1) is 14.7. The second kappa shape index (κ2) is 5.37. The number of aryl methyl sites for hydroxylation is 1. The molecule has 0 aliphatic carbocycles. The molecule has 0 N–H and O–H groups in total. The van der Waals surface area contributed by atoms with E-state index in [1.807, 2.05) is 6.07 Å². The van der Waals surface area contributed by atoms with E-state index in [1.165, 1.54) is 25.6 Å². The lowest BCUT2D eigenvalue weighted by Crippen LogP contribution is -2.42.